The molecule has 0 radical (unpaired) electrons. The van der Waals surface area contributed by atoms with E-state index in [1.807, 2.05) is 0 Å². The predicted molar refractivity (Wildman–Crippen MR) is 54.5 cm³/mol. The van der Waals surface area contributed by atoms with Crippen molar-refractivity contribution in [1.82, 2.24) is 5.16 Å². The molecule has 2 rings (SSSR count). The molecule has 3 nitrogen and oxygen atoms in total. The fourth-order valence-corrected chi connectivity index (χ4v) is 1.30. The molecule has 0 bridgehead atoms. The minimum Gasteiger partial charge on any atom is -0.359 e. The van der Waals surface area contributed by atoms with Crippen molar-refractivity contribution in [3.8, 4) is 11.3 Å². The Bertz CT molecular complexity index is 465. The summed E-state index contributed by atoms with van der Waals surface area (Å²) in [6, 6.07) is 7.83. The zero-order valence-corrected chi connectivity index (χ0v) is 8.27. The zero-order valence-electron chi connectivity index (χ0n) is 8.27. The van der Waals surface area contributed by atoms with Crippen LogP contribution in [0.4, 0.5) is 4.39 Å². The number of rotatable bonds is 2. The quantitative estimate of drug-likeness (QED) is 0.821. The molecule has 2 aromatic rings. The van der Waals surface area contributed by atoms with Gasteiger partial charge in [0.25, 0.3) is 0 Å². The van der Waals surface area contributed by atoms with Gasteiger partial charge in [0.05, 0.1) is 6.04 Å². The van der Waals surface area contributed by atoms with E-state index in [1.165, 1.54) is 6.07 Å². The first kappa shape index (κ1) is 9.86. The van der Waals surface area contributed by atoms with Gasteiger partial charge < -0.3 is 10.3 Å². The van der Waals surface area contributed by atoms with Gasteiger partial charge in [-0.1, -0.05) is 17.3 Å². The molecular weight excluding hydrogens is 195 g/mol. The smallest absolute Gasteiger partial charge is 0.153 e. The SMILES string of the molecule is CC(N)c1cc(-c2ccccc2F)no1. The Balaban J connectivity index is 2.42. The molecule has 0 saturated carbocycles. The number of aromatic nitrogens is 1. The fraction of sp³-hybridized carbons (Fsp3) is 0.182. The molecule has 78 valence electrons. The molecule has 0 amide bonds. The van der Waals surface area contributed by atoms with Crippen molar-refractivity contribution in [2.75, 3.05) is 0 Å². The Labute approximate surface area is 86.7 Å². The largest absolute Gasteiger partial charge is 0.359 e. The molecule has 1 unspecified atom stereocenters. The molecule has 0 spiro atoms. The lowest BCUT2D eigenvalue weighted by Gasteiger charge is -1.96. The molecule has 0 aliphatic rings. The number of nitrogens with two attached hydrogens (primary N) is 1. The Morgan fingerprint density at radius 3 is 2.73 bits per heavy atom. The van der Waals surface area contributed by atoms with Crippen molar-refractivity contribution < 1.29 is 8.91 Å². The molecule has 1 atom stereocenters. The standard InChI is InChI=1S/C11H11FN2O/c1-7(13)11-6-10(14-15-11)8-4-2-3-5-9(8)12/h2-7H,13H2,1H3. The number of hydrogen-bond donors (Lipinski definition) is 1. The van der Waals surface area contributed by atoms with E-state index < -0.39 is 0 Å². The molecule has 2 N–H and O–H groups in total. The Hall–Kier alpha value is -1.68. The van der Waals surface area contributed by atoms with E-state index in [9.17, 15) is 4.39 Å². The lowest BCUT2D eigenvalue weighted by molar-refractivity contribution is 0.369. The van der Waals surface area contributed by atoms with E-state index in [4.69, 9.17) is 10.3 Å². The predicted octanol–water partition coefficient (Wildman–Crippen LogP) is 2.50. The maximum absolute atomic E-state index is 13.4. The molecule has 0 aliphatic carbocycles. The van der Waals surface area contributed by atoms with Crippen molar-refractivity contribution in [3.05, 3.63) is 41.9 Å². The molecule has 15 heavy (non-hydrogen) atoms. The van der Waals surface area contributed by atoms with Gasteiger partial charge in [0, 0.05) is 11.6 Å². The lowest BCUT2D eigenvalue weighted by atomic mass is 10.1. The highest BCUT2D eigenvalue weighted by molar-refractivity contribution is 5.59. The first-order valence-electron chi connectivity index (χ1n) is 4.65. The molecular formula is C11H11FN2O. The topological polar surface area (TPSA) is 52.0 Å². The van der Waals surface area contributed by atoms with Crippen molar-refractivity contribution in [3.63, 3.8) is 0 Å². The maximum atomic E-state index is 13.4. The first-order chi connectivity index (χ1) is 7.18. The molecule has 1 aromatic carbocycles. The average Bonchev–Trinajstić information content (AvgIpc) is 2.67. The van der Waals surface area contributed by atoms with Gasteiger partial charge in [-0.05, 0) is 19.1 Å². The highest BCUT2D eigenvalue weighted by atomic mass is 19.1. The summed E-state index contributed by atoms with van der Waals surface area (Å²) in [6.45, 7) is 1.78. The minimum absolute atomic E-state index is 0.238. The summed E-state index contributed by atoms with van der Waals surface area (Å²) in [5.41, 5.74) is 6.51. The van der Waals surface area contributed by atoms with Crippen LogP contribution in [0.3, 0.4) is 0 Å². The first-order valence-corrected chi connectivity index (χ1v) is 4.65. The third kappa shape index (κ3) is 1.89. The van der Waals surface area contributed by atoms with Crippen molar-refractivity contribution in [2.45, 2.75) is 13.0 Å². The second-order valence-corrected chi connectivity index (χ2v) is 3.38. The van der Waals surface area contributed by atoms with Gasteiger partial charge in [-0.15, -0.1) is 0 Å². The van der Waals surface area contributed by atoms with Crippen LogP contribution in [-0.4, -0.2) is 5.16 Å². The number of nitrogens with zero attached hydrogens (tertiary/aromatic N) is 1. The van der Waals surface area contributed by atoms with Crippen LogP contribution in [0.5, 0.6) is 0 Å². The van der Waals surface area contributed by atoms with Crippen LogP contribution in [0.2, 0.25) is 0 Å². The Morgan fingerprint density at radius 1 is 1.40 bits per heavy atom. The van der Waals surface area contributed by atoms with Crippen molar-refractivity contribution in [2.24, 2.45) is 5.73 Å². The van der Waals surface area contributed by atoms with E-state index in [-0.39, 0.29) is 11.9 Å². The van der Waals surface area contributed by atoms with Crippen LogP contribution in [0.1, 0.15) is 18.7 Å². The Kier molecular flexibility index (Phi) is 2.51. The number of hydrogen-bond acceptors (Lipinski definition) is 3. The van der Waals surface area contributed by atoms with Gasteiger partial charge in [0.2, 0.25) is 0 Å². The normalized spacial score (nSPS) is 12.7. The lowest BCUT2D eigenvalue weighted by Crippen LogP contribution is -2.02. The molecule has 4 heteroatoms. The molecule has 0 aliphatic heterocycles. The average molecular weight is 206 g/mol. The zero-order chi connectivity index (χ0) is 10.8. The van der Waals surface area contributed by atoms with Gasteiger partial charge in [-0.2, -0.15) is 0 Å². The highest BCUT2D eigenvalue weighted by Gasteiger charge is 2.12. The van der Waals surface area contributed by atoms with E-state index in [1.54, 1.807) is 31.2 Å². The second kappa shape index (κ2) is 3.82. The highest BCUT2D eigenvalue weighted by Crippen LogP contribution is 2.23. The Morgan fingerprint density at radius 2 is 2.13 bits per heavy atom. The van der Waals surface area contributed by atoms with Gasteiger partial charge in [-0.25, -0.2) is 4.39 Å². The van der Waals surface area contributed by atoms with Gasteiger partial charge in [-0.3, -0.25) is 0 Å². The van der Waals surface area contributed by atoms with E-state index in [0.717, 1.165) is 0 Å². The summed E-state index contributed by atoms with van der Waals surface area (Å²) in [5, 5.41) is 3.77. The molecule has 1 heterocycles. The monoisotopic (exact) mass is 206 g/mol. The third-order valence-corrected chi connectivity index (χ3v) is 2.13. The van der Waals surface area contributed by atoms with Crippen molar-refractivity contribution >= 4 is 0 Å². The summed E-state index contributed by atoms with van der Waals surface area (Å²) in [5.74, 6) is 0.232. The summed E-state index contributed by atoms with van der Waals surface area (Å²) in [6.07, 6.45) is 0. The van der Waals surface area contributed by atoms with E-state index in [2.05, 4.69) is 5.16 Å². The molecule has 0 saturated heterocycles. The van der Waals surface area contributed by atoms with Crippen LogP contribution in [0.15, 0.2) is 34.9 Å². The number of benzene rings is 1. The molecule has 1 aromatic heterocycles. The van der Waals surface area contributed by atoms with Gasteiger partial charge >= 0.3 is 0 Å². The van der Waals surface area contributed by atoms with Crippen LogP contribution in [0, 0.1) is 5.82 Å². The van der Waals surface area contributed by atoms with Gasteiger partial charge in [0.1, 0.15) is 11.5 Å². The second-order valence-electron chi connectivity index (χ2n) is 3.38. The number of halogens is 1. The van der Waals surface area contributed by atoms with Crippen LogP contribution in [0.25, 0.3) is 11.3 Å². The van der Waals surface area contributed by atoms with E-state index >= 15 is 0 Å². The summed E-state index contributed by atoms with van der Waals surface area (Å²) < 4.78 is 18.4. The summed E-state index contributed by atoms with van der Waals surface area (Å²) in [4.78, 5) is 0. The van der Waals surface area contributed by atoms with Crippen LogP contribution < -0.4 is 5.73 Å². The minimum atomic E-state index is -0.318. The summed E-state index contributed by atoms with van der Waals surface area (Å²) in [7, 11) is 0. The fourth-order valence-electron chi connectivity index (χ4n) is 1.30. The molecule has 0 fully saturated rings. The van der Waals surface area contributed by atoms with E-state index in [0.29, 0.717) is 17.0 Å². The maximum Gasteiger partial charge on any atom is 0.153 e. The van der Waals surface area contributed by atoms with Gasteiger partial charge in [0.15, 0.2) is 5.76 Å². The van der Waals surface area contributed by atoms with Crippen LogP contribution >= 0.6 is 0 Å². The van der Waals surface area contributed by atoms with Crippen LogP contribution in [-0.2, 0) is 0 Å². The van der Waals surface area contributed by atoms with Crippen molar-refractivity contribution in [1.29, 1.82) is 0 Å². The summed E-state index contributed by atoms with van der Waals surface area (Å²) >= 11 is 0. The third-order valence-electron chi connectivity index (χ3n) is 2.13.